The van der Waals surface area contributed by atoms with Crippen LogP contribution in [0.2, 0.25) is 5.02 Å². The largest absolute Gasteiger partial charge is 0.497 e. The van der Waals surface area contributed by atoms with Crippen molar-refractivity contribution < 1.29 is 9.53 Å². The summed E-state index contributed by atoms with van der Waals surface area (Å²) in [5.74, 6) is 0.218. The first-order valence-electron chi connectivity index (χ1n) is 9.97. The van der Waals surface area contributed by atoms with Crippen molar-refractivity contribution in [3.63, 3.8) is 0 Å². The van der Waals surface area contributed by atoms with E-state index >= 15 is 0 Å². The SMILES string of the molecule is COc1ccc(NC(=O)/C(C#N)=C/c2cn(Cc3cccc(Cl)c3)c3ccccc23)cc1. The number of hydrogen-bond acceptors (Lipinski definition) is 3. The van der Waals surface area contributed by atoms with Gasteiger partial charge < -0.3 is 14.6 Å². The van der Waals surface area contributed by atoms with E-state index in [1.165, 1.54) is 0 Å². The molecular weight excluding hydrogens is 422 g/mol. The minimum absolute atomic E-state index is 0.0199. The fraction of sp³-hybridized carbons (Fsp3) is 0.0769. The van der Waals surface area contributed by atoms with Gasteiger partial charge in [-0.3, -0.25) is 4.79 Å². The summed E-state index contributed by atoms with van der Waals surface area (Å²) in [5.41, 5.74) is 3.47. The second-order valence-electron chi connectivity index (χ2n) is 7.21. The third-order valence-corrected chi connectivity index (χ3v) is 5.31. The molecule has 0 atom stereocenters. The number of methoxy groups -OCH3 is 1. The number of aromatic nitrogens is 1. The lowest BCUT2D eigenvalue weighted by Gasteiger charge is -2.06. The Labute approximate surface area is 191 Å². The zero-order valence-corrected chi connectivity index (χ0v) is 18.1. The van der Waals surface area contributed by atoms with Gasteiger partial charge in [0, 0.05) is 39.9 Å². The van der Waals surface area contributed by atoms with E-state index < -0.39 is 5.91 Å². The quantitative estimate of drug-likeness (QED) is 0.299. The van der Waals surface area contributed by atoms with Crippen molar-refractivity contribution in [1.82, 2.24) is 4.57 Å². The molecule has 3 aromatic carbocycles. The number of anilines is 1. The molecule has 1 aromatic heterocycles. The van der Waals surface area contributed by atoms with Crippen molar-refractivity contribution in [3.8, 4) is 11.8 Å². The zero-order valence-electron chi connectivity index (χ0n) is 17.4. The van der Waals surface area contributed by atoms with Gasteiger partial charge in [0.05, 0.1) is 7.11 Å². The van der Waals surface area contributed by atoms with Gasteiger partial charge in [0.2, 0.25) is 0 Å². The molecule has 0 spiro atoms. The van der Waals surface area contributed by atoms with Crippen LogP contribution in [-0.2, 0) is 11.3 Å². The van der Waals surface area contributed by atoms with Crippen LogP contribution in [0.25, 0.3) is 17.0 Å². The molecule has 32 heavy (non-hydrogen) atoms. The van der Waals surface area contributed by atoms with Gasteiger partial charge in [-0.2, -0.15) is 5.26 Å². The van der Waals surface area contributed by atoms with Crippen molar-refractivity contribution in [3.05, 3.63) is 101 Å². The van der Waals surface area contributed by atoms with E-state index in [4.69, 9.17) is 16.3 Å². The number of hydrogen-bond donors (Lipinski definition) is 1. The molecule has 0 aliphatic heterocycles. The summed E-state index contributed by atoms with van der Waals surface area (Å²) in [6.07, 6.45) is 3.57. The number of carbonyl (C=O) groups is 1. The molecule has 0 saturated carbocycles. The van der Waals surface area contributed by atoms with Crippen LogP contribution in [0.3, 0.4) is 0 Å². The van der Waals surface area contributed by atoms with Crippen molar-refractivity contribution in [2.24, 2.45) is 0 Å². The second kappa shape index (κ2) is 9.42. The van der Waals surface area contributed by atoms with Crippen LogP contribution in [-0.4, -0.2) is 17.6 Å². The van der Waals surface area contributed by atoms with Gasteiger partial charge in [-0.1, -0.05) is 41.9 Å². The van der Waals surface area contributed by atoms with E-state index in [1.807, 2.05) is 60.8 Å². The number of nitrogens with zero attached hydrogens (tertiary/aromatic N) is 2. The zero-order chi connectivity index (χ0) is 22.5. The number of carbonyl (C=O) groups excluding carboxylic acids is 1. The van der Waals surface area contributed by atoms with Crippen LogP contribution in [0.15, 0.2) is 84.6 Å². The number of nitrogens with one attached hydrogen (secondary N) is 1. The molecule has 0 fully saturated rings. The van der Waals surface area contributed by atoms with Crippen molar-refractivity contribution >= 4 is 40.2 Å². The molecular formula is C26H20ClN3O2. The van der Waals surface area contributed by atoms with Gasteiger partial charge >= 0.3 is 0 Å². The fourth-order valence-electron chi connectivity index (χ4n) is 3.53. The normalized spacial score (nSPS) is 11.2. The molecule has 1 N–H and O–H groups in total. The van der Waals surface area contributed by atoms with Gasteiger partial charge in [-0.25, -0.2) is 0 Å². The average Bonchev–Trinajstić information content (AvgIpc) is 3.15. The van der Waals surface area contributed by atoms with Crippen molar-refractivity contribution in [1.29, 1.82) is 5.26 Å². The smallest absolute Gasteiger partial charge is 0.266 e. The van der Waals surface area contributed by atoms with Gasteiger partial charge in [0.25, 0.3) is 5.91 Å². The molecule has 4 rings (SSSR count). The molecule has 6 heteroatoms. The predicted molar refractivity (Wildman–Crippen MR) is 128 cm³/mol. The highest BCUT2D eigenvalue weighted by Crippen LogP contribution is 2.25. The van der Waals surface area contributed by atoms with Gasteiger partial charge in [-0.15, -0.1) is 0 Å². The number of rotatable bonds is 6. The molecule has 0 aliphatic carbocycles. The standard InChI is InChI=1S/C26H20ClN3O2/c1-32-23-11-9-22(10-12-23)29-26(31)19(15-28)14-20-17-30(25-8-3-2-7-24(20)25)16-18-5-4-6-21(27)13-18/h2-14,17H,16H2,1H3,(H,29,31)/b19-14+. The third kappa shape index (κ3) is 4.66. The summed E-state index contributed by atoms with van der Waals surface area (Å²) in [4.78, 5) is 12.7. The minimum Gasteiger partial charge on any atom is -0.497 e. The maximum atomic E-state index is 12.7. The molecule has 0 bridgehead atoms. The molecule has 158 valence electrons. The van der Waals surface area contributed by atoms with E-state index in [2.05, 4.69) is 9.88 Å². The Bertz CT molecular complexity index is 1350. The minimum atomic E-state index is -0.468. The number of amides is 1. The van der Waals surface area contributed by atoms with Crippen LogP contribution in [0.1, 0.15) is 11.1 Å². The Hall–Kier alpha value is -4.01. The van der Waals surface area contributed by atoms with E-state index in [-0.39, 0.29) is 5.57 Å². The Morgan fingerprint density at radius 2 is 1.91 bits per heavy atom. The maximum absolute atomic E-state index is 12.7. The highest BCUT2D eigenvalue weighted by Gasteiger charge is 2.13. The van der Waals surface area contributed by atoms with E-state index in [0.717, 1.165) is 22.0 Å². The molecule has 1 heterocycles. The van der Waals surface area contributed by atoms with Crippen LogP contribution in [0, 0.1) is 11.3 Å². The summed E-state index contributed by atoms with van der Waals surface area (Å²) in [7, 11) is 1.58. The molecule has 0 radical (unpaired) electrons. The number of para-hydroxylation sites is 1. The van der Waals surface area contributed by atoms with Gasteiger partial charge in [0.15, 0.2) is 0 Å². The molecule has 1 amide bonds. The number of ether oxygens (including phenoxy) is 1. The Kier molecular flexibility index (Phi) is 6.25. The van der Waals surface area contributed by atoms with E-state index in [9.17, 15) is 10.1 Å². The molecule has 5 nitrogen and oxygen atoms in total. The monoisotopic (exact) mass is 441 g/mol. The van der Waals surface area contributed by atoms with Crippen molar-refractivity contribution in [2.75, 3.05) is 12.4 Å². The number of nitriles is 1. The van der Waals surface area contributed by atoms with Crippen LogP contribution in [0.4, 0.5) is 5.69 Å². The number of halogens is 1. The Morgan fingerprint density at radius 1 is 1.12 bits per heavy atom. The van der Waals surface area contributed by atoms with Gasteiger partial charge in [-0.05, 0) is 54.1 Å². The first-order chi connectivity index (χ1) is 15.6. The summed E-state index contributed by atoms with van der Waals surface area (Å²) in [5, 5.41) is 14.0. The first kappa shape index (κ1) is 21.2. The highest BCUT2D eigenvalue weighted by atomic mass is 35.5. The molecule has 4 aromatic rings. The summed E-state index contributed by atoms with van der Waals surface area (Å²) >= 11 is 6.13. The molecule has 0 aliphatic rings. The predicted octanol–water partition coefficient (Wildman–Crippen LogP) is 5.90. The van der Waals surface area contributed by atoms with Crippen molar-refractivity contribution in [2.45, 2.75) is 6.54 Å². The van der Waals surface area contributed by atoms with Crippen LogP contribution >= 0.6 is 11.6 Å². The molecule has 0 unspecified atom stereocenters. The van der Waals surface area contributed by atoms with Crippen LogP contribution < -0.4 is 10.1 Å². The van der Waals surface area contributed by atoms with Crippen LogP contribution in [0.5, 0.6) is 5.75 Å². The lowest BCUT2D eigenvalue weighted by Crippen LogP contribution is -2.13. The average molecular weight is 442 g/mol. The number of fused-ring (bicyclic) bond motifs is 1. The van der Waals surface area contributed by atoms with E-state index in [1.54, 1.807) is 37.5 Å². The van der Waals surface area contributed by atoms with Gasteiger partial charge in [0.1, 0.15) is 17.4 Å². The highest BCUT2D eigenvalue weighted by molar-refractivity contribution is 6.30. The summed E-state index contributed by atoms with van der Waals surface area (Å²) in [6, 6.07) is 24.6. The lowest BCUT2D eigenvalue weighted by molar-refractivity contribution is -0.112. The Balaban J connectivity index is 1.65. The molecule has 0 saturated heterocycles. The fourth-order valence-corrected chi connectivity index (χ4v) is 3.74. The second-order valence-corrected chi connectivity index (χ2v) is 7.65. The Morgan fingerprint density at radius 3 is 2.62 bits per heavy atom. The lowest BCUT2D eigenvalue weighted by atomic mass is 10.1. The number of benzene rings is 3. The summed E-state index contributed by atoms with van der Waals surface area (Å²) < 4.78 is 7.21. The first-order valence-corrected chi connectivity index (χ1v) is 10.3. The third-order valence-electron chi connectivity index (χ3n) is 5.07. The summed E-state index contributed by atoms with van der Waals surface area (Å²) in [6.45, 7) is 0.620. The maximum Gasteiger partial charge on any atom is 0.266 e. The topological polar surface area (TPSA) is 67.0 Å². The van der Waals surface area contributed by atoms with E-state index in [0.29, 0.717) is 23.0 Å².